The molecule has 0 N–H and O–H groups in total. The summed E-state index contributed by atoms with van der Waals surface area (Å²) in [6.45, 7) is 0.762. The van der Waals surface area contributed by atoms with Crippen LogP contribution in [0.15, 0.2) is 44.9 Å². The van der Waals surface area contributed by atoms with E-state index in [4.69, 9.17) is 11.2 Å². The summed E-state index contributed by atoms with van der Waals surface area (Å²) in [5.74, 6) is 1.46. The van der Waals surface area contributed by atoms with E-state index < -0.39 is 16.0 Å². The monoisotopic (exact) mass is 503 g/mol. The maximum absolute atomic E-state index is 12.9. The van der Waals surface area contributed by atoms with Gasteiger partial charge in [-0.3, -0.25) is 4.79 Å². The summed E-state index contributed by atoms with van der Waals surface area (Å²) in [5.41, 5.74) is 1.17. The van der Waals surface area contributed by atoms with Crippen molar-refractivity contribution in [3.63, 3.8) is 0 Å². The van der Waals surface area contributed by atoms with Gasteiger partial charge in [-0.1, -0.05) is 23.3 Å². The number of nitrogens with zero attached hydrogens (tertiary/aromatic N) is 3. The number of amides is 1. The summed E-state index contributed by atoms with van der Waals surface area (Å²) in [6.07, 6.45) is 6.33. The van der Waals surface area contributed by atoms with Crippen LogP contribution in [0.1, 0.15) is 23.2 Å². The van der Waals surface area contributed by atoms with Gasteiger partial charge in [0.2, 0.25) is 0 Å². The fourth-order valence-electron chi connectivity index (χ4n) is 3.71. The Labute approximate surface area is 199 Å². The van der Waals surface area contributed by atoms with Gasteiger partial charge in [0.05, 0.1) is 29.4 Å². The summed E-state index contributed by atoms with van der Waals surface area (Å²) >= 11 is 2.45. The third-order valence-corrected chi connectivity index (χ3v) is 9.76. The number of carbonyl (C=O) groups is 2. The summed E-state index contributed by atoms with van der Waals surface area (Å²) < 4.78 is 34.4. The summed E-state index contributed by atoms with van der Waals surface area (Å²) in [5, 5.41) is 1.73. The first-order chi connectivity index (χ1) is 15.8. The average molecular weight is 504 g/mol. The lowest BCUT2D eigenvalue weighted by atomic mass is 9.98. The number of thiazole rings is 1. The molecule has 2 aromatic heterocycles. The zero-order valence-corrected chi connectivity index (χ0v) is 20.2. The Morgan fingerprint density at radius 1 is 1.27 bits per heavy atom. The first-order valence-corrected chi connectivity index (χ1v) is 13.3. The molecule has 1 aliphatic rings. The lowest BCUT2D eigenvalue weighted by Crippen LogP contribution is -2.40. The molecule has 3 heterocycles. The Kier molecular flexibility index (Phi) is 6.81. The molecule has 11 heteroatoms. The molecule has 0 atom stereocenters. The predicted molar refractivity (Wildman–Crippen MR) is 126 cm³/mol. The largest absolute Gasteiger partial charge is 0.465 e. The molecule has 1 aromatic carbocycles. The van der Waals surface area contributed by atoms with Crippen LogP contribution < -0.4 is 4.80 Å². The summed E-state index contributed by atoms with van der Waals surface area (Å²) in [7, 11) is -2.21. The van der Waals surface area contributed by atoms with Gasteiger partial charge in [-0.05, 0) is 42.5 Å². The first-order valence-electron chi connectivity index (χ1n) is 10.1. The van der Waals surface area contributed by atoms with E-state index in [1.165, 1.54) is 34.1 Å². The van der Waals surface area contributed by atoms with Gasteiger partial charge in [0.15, 0.2) is 4.80 Å². The molecule has 0 aliphatic carbocycles. The molecule has 4 rings (SSSR count). The van der Waals surface area contributed by atoms with Crippen LogP contribution in [0.2, 0.25) is 0 Å². The van der Waals surface area contributed by atoms with Crippen LogP contribution in [0.4, 0.5) is 0 Å². The van der Waals surface area contributed by atoms with Crippen LogP contribution in [0.5, 0.6) is 0 Å². The highest BCUT2D eigenvalue weighted by molar-refractivity contribution is 7.91. The van der Waals surface area contributed by atoms with E-state index in [1.807, 2.05) is 0 Å². The fourth-order valence-corrected chi connectivity index (χ4v) is 7.40. The Morgan fingerprint density at radius 2 is 2.03 bits per heavy atom. The van der Waals surface area contributed by atoms with Crippen molar-refractivity contribution >= 4 is 54.8 Å². The van der Waals surface area contributed by atoms with Crippen LogP contribution in [0, 0.1) is 18.3 Å². The van der Waals surface area contributed by atoms with E-state index in [-0.39, 0.29) is 31.5 Å². The van der Waals surface area contributed by atoms with Crippen molar-refractivity contribution < 1.29 is 22.7 Å². The molecular formula is C22H21N3O5S3. The maximum Gasteiger partial charge on any atom is 0.337 e. The SMILES string of the molecule is C#CCn1c(=NC(=O)C2CCN(S(=O)(=O)c3cccs3)CC2)sc2cc(C(=O)OC)ccc21. The number of esters is 1. The van der Waals surface area contributed by atoms with Gasteiger partial charge in [-0.25, -0.2) is 13.2 Å². The second-order valence-corrected chi connectivity index (χ2v) is 11.5. The van der Waals surface area contributed by atoms with Crippen molar-refractivity contribution in [1.29, 1.82) is 0 Å². The highest BCUT2D eigenvalue weighted by Crippen LogP contribution is 2.27. The van der Waals surface area contributed by atoms with Crippen LogP contribution in [0.3, 0.4) is 0 Å². The van der Waals surface area contributed by atoms with Crippen LogP contribution >= 0.6 is 22.7 Å². The molecule has 3 aromatic rings. The van der Waals surface area contributed by atoms with E-state index in [0.29, 0.717) is 27.4 Å². The van der Waals surface area contributed by atoms with E-state index in [2.05, 4.69) is 10.9 Å². The second kappa shape index (κ2) is 9.61. The Bertz CT molecular complexity index is 1400. The zero-order valence-electron chi connectivity index (χ0n) is 17.8. The molecule has 0 radical (unpaired) electrons. The molecule has 0 bridgehead atoms. The molecular weight excluding hydrogens is 482 g/mol. The van der Waals surface area contributed by atoms with E-state index in [9.17, 15) is 18.0 Å². The Hall–Kier alpha value is -2.78. The van der Waals surface area contributed by atoms with Crippen molar-refractivity contribution in [2.75, 3.05) is 20.2 Å². The number of ether oxygens (including phenoxy) is 1. The first kappa shape index (κ1) is 23.4. The third kappa shape index (κ3) is 4.65. The minimum atomic E-state index is -3.52. The van der Waals surface area contributed by atoms with Gasteiger partial charge in [-0.15, -0.1) is 17.8 Å². The minimum Gasteiger partial charge on any atom is -0.465 e. The van der Waals surface area contributed by atoms with Crippen molar-refractivity contribution in [3.05, 3.63) is 46.1 Å². The van der Waals surface area contributed by atoms with Gasteiger partial charge < -0.3 is 9.30 Å². The highest BCUT2D eigenvalue weighted by atomic mass is 32.2. The molecule has 1 aliphatic heterocycles. The van der Waals surface area contributed by atoms with Crippen LogP contribution in [-0.2, 0) is 26.1 Å². The summed E-state index contributed by atoms with van der Waals surface area (Å²) in [6, 6.07) is 8.38. The Balaban J connectivity index is 1.57. The lowest BCUT2D eigenvalue weighted by molar-refractivity contribution is -0.122. The number of piperidine rings is 1. The number of thiophene rings is 1. The lowest BCUT2D eigenvalue weighted by Gasteiger charge is -2.29. The predicted octanol–water partition coefficient (Wildman–Crippen LogP) is 2.71. The molecule has 33 heavy (non-hydrogen) atoms. The van der Waals surface area contributed by atoms with Crippen molar-refractivity contribution in [1.82, 2.24) is 8.87 Å². The molecule has 0 saturated carbocycles. The summed E-state index contributed by atoms with van der Waals surface area (Å²) in [4.78, 5) is 29.6. The molecule has 0 unspecified atom stereocenters. The van der Waals surface area contributed by atoms with Crippen LogP contribution in [-0.4, -0.2) is 49.4 Å². The second-order valence-electron chi connectivity index (χ2n) is 7.41. The Morgan fingerprint density at radius 3 is 2.67 bits per heavy atom. The van der Waals surface area contributed by atoms with E-state index in [0.717, 1.165) is 10.2 Å². The van der Waals surface area contributed by atoms with Gasteiger partial charge in [0, 0.05) is 19.0 Å². The van der Waals surface area contributed by atoms with Gasteiger partial charge in [-0.2, -0.15) is 9.30 Å². The molecule has 1 saturated heterocycles. The standard InChI is InChI=1S/C22H21N3O5S3/c1-3-10-25-17-7-6-16(21(27)30-2)14-18(17)32-22(25)23-20(26)15-8-11-24(12-9-15)33(28,29)19-5-4-13-31-19/h1,4-7,13-15H,8-12H2,2H3. The van der Waals surface area contributed by atoms with Crippen LogP contribution in [0.25, 0.3) is 10.2 Å². The zero-order chi connectivity index (χ0) is 23.6. The number of fused-ring (bicyclic) bond motifs is 1. The smallest absolute Gasteiger partial charge is 0.337 e. The normalized spacial score (nSPS) is 16.1. The minimum absolute atomic E-state index is 0.223. The van der Waals surface area contributed by atoms with Crippen molar-refractivity contribution in [2.24, 2.45) is 10.9 Å². The molecule has 8 nitrogen and oxygen atoms in total. The third-order valence-electron chi connectivity index (χ3n) is 5.45. The van der Waals surface area contributed by atoms with Crippen molar-refractivity contribution in [2.45, 2.75) is 23.6 Å². The van der Waals surface area contributed by atoms with Gasteiger partial charge >= 0.3 is 5.97 Å². The molecule has 1 amide bonds. The number of benzene rings is 1. The maximum atomic E-state index is 12.9. The molecule has 172 valence electrons. The molecule has 1 fully saturated rings. The van der Waals surface area contributed by atoms with Gasteiger partial charge in [0.1, 0.15) is 4.21 Å². The number of hydrogen-bond acceptors (Lipinski definition) is 7. The average Bonchev–Trinajstić information content (AvgIpc) is 3.48. The quantitative estimate of drug-likeness (QED) is 0.394. The number of sulfonamides is 1. The highest BCUT2D eigenvalue weighted by Gasteiger charge is 2.32. The number of hydrogen-bond donors (Lipinski definition) is 0. The number of terminal acetylenes is 1. The van der Waals surface area contributed by atoms with Crippen molar-refractivity contribution in [3.8, 4) is 12.3 Å². The number of rotatable bonds is 5. The number of aromatic nitrogens is 1. The van der Waals surface area contributed by atoms with E-state index >= 15 is 0 Å². The fraction of sp³-hybridized carbons (Fsp3) is 0.318. The van der Waals surface area contributed by atoms with E-state index in [1.54, 1.807) is 40.3 Å². The number of methoxy groups -OCH3 is 1. The van der Waals surface area contributed by atoms with Gasteiger partial charge in [0.25, 0.3) is 15.9 Å². The number of carbonyl (C=O) groups excluding carboxylic acids is 2. The molecule has 0 spiro atoms. The topological polar surface area (TPSA) is 98.0 Å².